The van der Waals surface area contributed by atoms with Gasteiger partial charge in [-0.3, -0.25) is 0 Å². The number of rotatable bonds is 9. The highest BCUT2D eigenvalue weighted by Gasteiger charge is 2.14. The molecular weight excluding hydrogens is 288 g/mol. The third-order valence-electron chi connectivity index (χ3n) is 2.99. The lowest BCUT2D eigenvalue weighted by molar-refractivity contribution is 0.600. The quantitative estimate of drug-likeness (QED) is 0.680. The summed E-state index contributed by atoms with van der Waals surface area (Å²) in [7, 11) is -2.91. The smallest absolute Gasteiger partial charge is 0.147 e. The summed E-state index contributed by atoms with van der Waals surface area (Å²) in [6.07, 6.45) is 4.38. The van der Waals surface area contributed by atoms with Gasteiger partial charge in [-0.15, -0.1) is 0 Å². The third-order valence-corrected chi connectivity index (χ3v) is 4.02. The molecule has 0 saturated heterocycles. The second-order valence-corrected chi connectivity index (χ2v) is 7.74. The van der Waals surface area contributed by atoms with E-state index in [1.807, 2.05) is 0 Å². The Morgan fingerprint density at radius 1 is 1.14 bits per heavy atom. The van der Waals surface area contributed by atoms with Crippen LogP contribution in [0.5, 0.6) is 0 Å². The van der Waals surface area contributed by atoms with Crippen LogP contribution in [0.25, 0.3) is 0 Å². The molecular formula is C14H26N4O2S. The molecule has 1 aromatic heterocycles. The summed E-state index contributed by atoms with van der Waals surface area (Å²) in [5.74, 6) is 2.10. The maximum Gasteiger partial charge on any atom is 0.147 e. The van der Waals surface area contributed by atoms with Gasteiger partial charge in [-0.1, -0.05) is 20.8 Å². The number of nitrogens with zero attached hydrogens (tertiary/aromatic N) is 2. The Bertz CT molecular complexity index is 544. The Balaban J connectivity index is 2.76. The minimum absolute atomic E-state index is 0.184. The molecule has 0 amide bonds. The number of hydrogen-bond acceptors (Lipinski definition) is 6. The van der Waals surface area contributed by atoms with E-state index in [-0.39, 0.29) is 11.7 Å². The van der Waals surface area contributed by atoms with Gasteiger partial charge in [0.2, 0.25) is 0 Å². The molecule has 7 heteroatoms. The van der Waals surface area contributed by atoms with Crippen LogP contribution in [-0.2, 0) is 9.84 Å². The molecule has 0 aliphatic rings. The van der Waals surface area contributed by atoms with Crippen LogP contribution in [0.4, 0.5) is 11.6 Å². The topological polar surface area (TPSA) is 84.0 Å². The fraction of sp³-hybridized carbons (Fsp3) is 0.714. The zero-order valence-corrected chi connectivity index (χ0v) is 14.1. The zero-order valence-electron chi connectivity index (χ0n) is 13.3. The van der Waals surface area contributed by atoms with Crippen LogP contribution in [0.1, 0.15) is 45.1 Å². The van der Waals surface area contributed by atoms with Gasteiger partial charge in [-0.05, 0) is 18.8 Å². The molecule has 2 N–H and O–H groups in total. The number of aromatic nitrogens is 2. The Labute approximate surface area is 127 Å². The number of hydrogen-bond donors (Lipinski definition) is 2. The van der Waals surface area contributed by atoms with E-state index in [0.29, 0.717) is 13.0 Å². The van der Waals surface area contributed by atoms with Crippen molar-refractivity contribution in [1.82, 2.24) is 9.97 Å². The summed E-state index contributed by atoms with van der Waals surface area (Å²) in [5, 5.41) is 6.54. The molecule has 1 aromatic rings. The molecule has 0 radical (unpaired) electrons. The maximum atomic E-state index is 11.1. The first-order valence-electron chi connectivity index (χ1n) is 7.35. The molecule has 0 saturated carbocycles. The monoisotopic (exact) mass is 314 g/mol. The number of anilines is 2. The van der Waals surface area contributed by atoms with Crippen LogP contribution in [0.2, 0.25) is 0 Å². The van der Waals surface area contributed by atoms with Crippen LogP contribution in [0, 0.1) is 0 Å². The van der Waals surface area contributed by atoms with E-state index >= 15 is 0 Å². The normalized spacial score (nSPS) is 11.7. The Hall–Kier alpha value is -1.37. The Morgan fingerprint density at radius 2 is 1.71 bits per heavy atom. The Morgan fingerprint density at radius 3 is 2.19 bits per heavy atom. The highest BCUT2D eigenvalue weighted by atomic mass is 32.2. The average molecular weight is 314 g/mol. The van der Waals surface area contributed by atoms with Crippen molar-refractivity contribution in [2.24, 2.45) is 0 Å². The van der Waals surface area contributed by atoms with Gasteiger partial charge in [0.15, 0.2) is 0 Å². The van der Waals surface area contributed by atoms with Gasteiger partial charge in [0.25, 0.3) is 0 Å². The summed E-state index contributed by atoms with van der Waals surface area (Å²) in [4.78, 5) is 8.60. The molecule has 0 aromatic carbocycles. The molecule has 0 spiro atoms. The molecule has 120 valence electrons. The average Bonchev–Trinajstić information content (AvgIpc) is 2.40. The third kappa shape index (κ3) is 6.29. The molecule has 1 rings (SSSR count). The predicted octanol–water partition coefficient (Wildman–Crippen LogP) is 2.27. The molecule has 0 bridgehead atoms. The van der Waals surface area contributed by atoms with Crippen LogP contribution < -0.4 is 10.6 Å². The largest absolute Gasteiger partial charge is 0.370 e. The van der Waals surface area contributed by atoms with Crippen molar-refractivity contribution >= 4 is 21.5 Å². The fourth-order valence-corrected chi connectivity index (χ4v) is 2.68. The maximum absolute atomic E-state index is 11.1. The predicted molar refractivity (Wildman–Crippen MR) is 87.7 cm³/mol. The standard InChI is InChI=1S/C14H26N4O2S/c1-5-7-15-13-12(11(2)3)14(18-10-17-13)16-8-6-9-21(4,19)20/h10-11H,5-9H2,1-4H3,(H2,15,16,17,18). The first kappa shape index (κ1) is 17.7. The summed E-state index contributed by atoms with van der Waals surface area (Å²) in [6.45, 7) is 7.74. The molecule has 6 nitrogen and oxygen atoms in total. The van der Waals surface area contributed by atoms with Gasteiger partial charge >= 0.3 is 0 Å². The van der Waals surface area contributed by atoms with Crippen LogP contribution in [-0.4, -0.2) is 43.5 Å². The second kappa shape index (κ2) is 8.17. The minimum atomic E-state index is -2.91. The van der Waals surface area contributed by atoms with E-state index in [2.05, 4.69) is 41.4 Å². The van der Waals surface area contributed by atoms with Gasteiger partial charge in [-0.2, -0.15) is 0 Å². The summed E-state index contributed by atoms with van der Waals surface area (Å²) >= 11 is 0. The van der Waals surface area contributed by atoms with Gasteiger partial charge < -0.3 is 10.6 Å². The highest BCUT2D eigenvalue weighted by Crippen LogP contribution is 2.28. The molecule has 0 aliphatic carbocycles. The van der Waals surface area contributed by atoms with Crippen molar-refractivity contribution in [2.45, 2.75) is 39.5 Å². The molecule has 1 heterocycles. The van der Waals surface area contributed by atoms with Gasteiger partial charge in [0.1, 0.15) is 27.8 Å². The van der Waals surface area contributed by atoms with Crippen molar-refractivity contribution in [3.05, 3.63) is 11.9 Å². The van der Waals surface area contributed by atoms with E-state index in [4.69, 9.17) is 0 Å². The van der Waals surface area contributed by atoms with E-state index < -0.39 is 9.84 Å². The summed E-state index contributed by atoms with van der Waals surface area (Å²) < 4.78 is 22.3. The number of sulfone groups is 1. The Kier molecular flexibility index (Phi) is 6.87. The molecule has 0 aliphatic heterocycles. The van der Waals surface area contributed by atoms with Crippen LogP contribution in [0.3, 0.4) is 0 Å². The first-order valence-corrected chi connectivity index (χ1v) is 9.41. The SMILES string of the molecule is CCCNc1ncnc(NCCCS(C)(=O)=O)c1C(C)C. The molecule has 0 atom stereocenters. The van der Waals surface area contributed by atoms with Crippen molar-refractivity contribution in [3.8, 4) is 0 Å². The van der Waals surface area contributed by atoms with Crippen LogP contribution >= 0.6 is 0 Å². The van der Waals surface area contributed by atoms with Crippen molar-refractivity contribution in [1.29, 1.82) is 0 Å². The van der Waals surface area contributed by atoms with Crippen molar-refractivity contribution in [2.75, 3.05) is 35.7 Å². The van der Waals surface area contributed by atoms with E-state index in [9.17, 15) is 8.42 Å². The van der Waals surface area contributed by atoms with Gasteiger partial charge in [0, 0.05) is 24.9 Å². The van der Waals surface area contributed by atoms with E-state index in [0.717, 1.165) is 30.2 Å². The van der Waals surface area contributed by atoms with E-state index in [1.165, 1.54) is 12.6 Å². The lowest BCUT2D eigenvalue weighted by atomic mass is 10.0. The fourth-order valence-electron chi connectivity index (χ4n) is 2.01. The lowest BCUT2D eigenvalue weighted by Crippen LogP contribution is -2.14. The van der Waals surface area contributed by atoms with Gasteiger partial charge in [-0.25, -0.2) is 18.4 Å². The summed E-state index contributed by atoms with van der Waals surface area (Å²) in [6, 6.07) is 0. The number of nitrogens with one attached hydrogen (secondary N) is 2. The zero-order chi connectivity index (χ0) is 15.9. The summed E-state index contributed by atoms with van der Waals surface area (Å²) in [5.41, 5.74) is 1.05. The van der Waals surface area contributed by atoms with Crippen LogP contribution in [0.15, 0.2) is 6.33 Å². The first-order chi connectivity index (χ1) is 9.85. The van der Waals surface area contributed by atoms with Crippen molar-refractivity contribution < 1.29 is 8.42 Å². The van der Waals surface area contributed by atoms with E-state index in [1.54, 1.807) is 0 Å². The van der Waals surface area contributed by atoms with Gasteiger partial charge in [0.05, 0.1) is 5.75 Å². The lowest BCUT2D eigenvalue weighted by Gasteiger charge is -2.17. The minimum Gasteiger partial charge on any atom is -0.370 e. The highest BCUT2D eigenvalue weighted by molar-refractivity contribution is 7.90. The molecule has 0 unspecified atom stereocenters. The second-order valence-electron chi connectivity index (χ2n) is 5.48. The van der Waals surface area contributed by atoms with Crippen molar-refractivity contribution in [3.63, 3.8) is 0 Å². The molecule has 21 heavy (non-hydrogen) atoms. The molecule has 0 fully saturated rings.